The van der Waals surface area contributed by atoms with Gasteiger partial charge in [-0.25, -0.2) is 4.42 Å². The highest BCUT2D eigenvalue weighted by Gasteiger charge is 2.16. The fraction of sp³-hybridized carbons (Fsp3) is 0.227. The molecule has 0 spiro atoms. The summed E-state index contributed by atoms with van der Waals surface area (Å²) in [6, 6.07) is 20.2. The molecule has 0 amide bonds. The maximum absolute atomic E-state index is 5.95. The Labute approximate surface area is 176 Å². The zero-order chi connectivity index (χ0) is 19.1. The van der Waals surface area contributed by atoms with Crippen molar-refractivity contribution in [3.05, 3.63) is 66.4 Å². The van der Waals surface area contributed by atoms with Crippen molar-refractivity contribution in [2.45, 2.75) is 6.92 Å². The van der Waals surface area contributed by atoms with Gasteiger partial charge in [-0.3, -0.25) is 0 Å². The van der Waals surface area contributed by atoms with Crippen molar-refractivity contribution >= 4 is 31.9 Å². The summed E-state index contributed by atoms with van der Waals surface area (Å²) < 4.78 is 17.2. The molecule has 3 aromatic rings. The van der Waals surface area contributed by atoms with Gasteiger partial charge in [-0.15, -0.1) is 0 Å². The number of benzene rings is 2. The lowest BCUT2D eigenvalue weighted by Crippen LogP contribution is -1.97. The molecule has 5 heteroatoms. The van der Waals surface area contributed by atoms with E-state index < -0.39 is 0 Å². The zero-order valence-electron chi connectivity index (χ0n) is 15.1. The molecule has 0 N–H and O–H groups in total. The molecule has 0 aliphatic rings. The van der Waals surface area contributed by atoms with Crippen LogP contribution in [0.5, 0.6) is 11.5 Å². The van der Waals surface area contributed by atoms with Crippen molar-refractivity contribution in [2.75, 3.05) is 23.9 Å². The van der Waals surface area contributed by atoms with E-state index in [0.717, 1.165) is 50.4 Å². The van der Waals surface area contributed by atoms with Crippen molar-refractivity contribution in [1.82, 2.24) is 0 Å². The van der Waals surface area contributed by atoms with Gasteiger partial charge in [-0.1, -0.05) is 44.0 Å². The largest absolute Gasteiger partial charge is 0.493 e. The van der Waals surface area contributed by atoms with Crippen molar-refractivity contribution in [2.24, 2.45) is 0 Å². The number of alkyl halides is 2. The summed E-state index contributed by atoms with van der Waals surface area (Å²) in [6.45, 7) is 3.27. The van der Waals surface area contributed by atoms with Crippen LogP contribution in [0.3, 0.4) is 0 Å². The highest BCUT2D eigenvalue weighted by Crippen LogP contribution is 2.30. The van der Waals surface area contributed by atoms with Crippen LogP contribution in [0.4, 0.5) is 0 Å². The average molecular weight is 493 g/mol. The monoisotopic (exact) mass is 491 g/mol. The van der Waals surface area contributed by atoms with Crippen LogP contribution < -0.4 is 9.47 Å². The van der Waals surface area contributed by atoms with E-state index in [-0.39, 0.29) is 0 Å². The van der Waals surface area contributed by atoms with Gasteiger partial charge in [0.05, 0.1) is 31.8 Å². The molecule has 0 aliphatic heterocycles. The summed E-state index contributed by atoms with van der Waals surface area (Å²) in [7, 11) is 0. The second-order valence-corrected chi connectivity index (χ2v) is 7.53. The molecule has 3 rings (SSSR count). The number of aryl methyl sites for hydroxylation is 1. The van der Waals surface area contributed by atoms with Crippen LogP contribution in [0.15, 0.2) is 65.1 Å². The predicted molar refractivity (Wildman–Crippen MR) is 117 cm³/mol. The standard InChI is InChI=1S/C22H21Br2O3/c1-16-14-19(17-2-6-20(7-3-17)25-12-10-23)15-22(27-16)18-4-8-21(9-5-18)26-13-11-24/h2-9,14-15H,10-13H2,1H3/q+1. The zero-order valence-corrected chi connectivity index (χ0v) is 18.3. The second kappa shape index (κ2) is 9.90. The quantitative estimate of drug-likeness (QED) is 0.257. The number of hydrogen-bond acceptors (Lipinski definition) is 2. The first-order valence-electron chi connectivity index (χ1n) is 8.73. The summed E-state index contributed by atoms with van der Waals surface area (Å²) in [5, 5.41) is 1.63. The van der Waals surface area contributed by atoms with Gasteiger partial charge in [0.25, 0.3) is 0 Å². The Hall–Kier alpha value is -1.85. The number of rotatable bonds is 8. The molecule has 140 valence electrons. The van der Waals surface area contributed by atoms with E-state index in [1.165, 1.54) is 0 Å². The predicted octanol–water partition coefficient (Wildman–Crippen LogP) is 6.75. The Morgan fingerprint density at radius 2 is 1.22 bits per heavy atom. The fourth-order valence-electron chi connectivity index (χ4n) is 2.72. The highest BCUT2D eigenvalue weighted by atomic mass is 79.9. The minimum Gasteiger partial charge on any atom is -0.493 e. The summed E-state index contributed by atoms with van der Waals surface area (Å²) in [6.07, 6.45) is 0. The molecule has 1 heterocycles. The summed E-state index contributed by atoms with van der Waals surface area (Å²) in [5.74, 6) is 3.42. The third-order valence-corrected chi connectivity index (χ3v) is 4.58. The van der Waals surface area contributed by atoms with E-state index in [1.54, 1.807) is 0 Å². The van der Waals surface area contributed by atoms with Crippen molar-refractivity contribution in [3.63, 3.8) is 0 Å². The van der Waals surface area contributed by atoms with Crippen LogP contribution in [-0.4, -0.2) is 23.9 Å². The molecule has 0 fully saturated rings. The molecule has 0 saturated carbocycles. The van der Waals surface area contributed by atoms with E-state index in [0.29, 0.717) is 13.2 Å². The normalized spacial score (nSPS) is 10.6. The molecule has 27 heavy (non-hydrogen) atoms. The second-order valence-electron chi connectivity index (χ2n) is 5.94. The summed E-state index contributed by atoms with van der Waals surface area (Å²) in [5.41, 5.74) is 3.25. The molecule has 1 aromatic heterocycles. The Balaban J connectivity index is 1.83. The number of hydrogen-bond donors (Lipinski definition) is 0. The fourth-order valence-corrected chi connectivity index (χ4v) is 3.04. The SMILES string of the molecule is Cc1cc(-c2ccc(OCCBr)cc2)cc(-c2ccc(OCCBr)cc2)[o+]1. The first-order chi connectivity index (χ1) is 13.2. The lowest BCUT2D eigenvalue weighted by Gasteiger charge is -2.06. The third-order valence-electron chi connectivity index (χ3n) is 3.93. The lowest BCUT2D eigenvalue weighted by molar-refractivity contribution is 0.345. The van der Waals surface area contributed by atoms with Crippen LogP contribution in [0.1, 0.15) is 5.76 Å². The van der Waals surface area contributed by atoms with E-state index >= 15 is 0 Å². The molecule has 0 atom stereocenters. The number of ether oxygens (including phenoxy) is 2. The smallest absolute Gasteiger partial charge is 0.360 e. The molecule has 0 aliphatic carbocycles. The molecular formula is C22H21Br2O3+. The van der Waals surface area contributed by atoms with Gasteiger partial charge in [-0.05, 0) is 42.0 Å². The van der Waals surface area contributed by atoms with Crippen LogP contribution in [0.2, 0.25) is 0 Å². The van der Waals surface area contributed by atoms with Crippen LogP contribution in [0.25, 0.3) is 22.5 Å². The van der Waals surface area contributed by atoms with Gasteiger partial charge in [0.2, 0.25) is 0 Å². The van der Waals surface area contributed by atoms with Gasteiger partial charge in [-0.2, -0.15) is 0 Å². The Morgan fingerprint density at radius 3 is 1.74 bits per heavy atom. The minimum absolute atomic E-state index is 0.646. The average Bonchev–Trinajstić information content (AvgIpc) is 2.71. The molecular weight excluding hydrogens is 472 g/mol. The Bertz CT molecular complexity index is 792. The van der Waals surface area contributed by atoms with Gasteiger partial charge in [0.15, 0.2) is 0 Å². The molecule has 2 aromatic carbocycles. The lowest BCUT2D eigenvalue weighted by atomic mass is 10.0. The van der Waals surface area contributed by atoms with Crippen LogP contribution >= 0.6 is 31.9 Å². The Kier molecular flexibility index (Phi) is 7.30. The molecule has 0 saturated heterocycles. The van der Waals surface area contributed by atoms with Gasteiger partial charge in [0.1, 0.15) is 11.5 Å². The molecule has 0 unspecified atom stereocenters. The van der Waals surface area contributed by atoms with E-state index in [4.69, 9.17) is 13.9 Å². The third kappa shape index (κ3) is 5.56. The van der Waals surface area contributed by atoms with Crippen molar-refractivity contribution in [3.8, 4) is 33.9 Å². The van der Waals surface area contributed by atoms with Crippen molar-refractivity contribution < 1.29 is 13.9 Å². The Morgan fingerprint density at radius 1 is 0.704 bits per heavy atom. The van der Waals surface area contributed by atoms with E-state index in [9.17, 15) is 0 Å². The molecule has 0 radical (unpaired) electrons. The van der Waals surface area contributed by atoms with Gasteiger partial charge < -0.3 is 9.47 Å². The maximum atomic E-state index is 5.95. The number of halogens is 2. The van der Waals surface area contributed by atoms with E-state index in [2.05, 4.69) is 50.1 Å². The van der Waals surface area contributed by atoms with Gasteiger partial charge >= 0.3 is 11.5 Å². The van der Waals surface area contributed by atoms with Crippen LogP contribution in [0, 0.1) is 6.92 Å². The van der Waals surface area contributed by atoms with Crippen LogP contribution in [-0.2, 0) is 0 Å². The summed E-state index contributed by atoms with van der Waals surface area (Å²) in [4.78, 5) is 0. The topological polar surface area (TPSA) is 29.8 Å². The summed E-state index contributed by atoms with van der Waals surface area (Å²) >= 11 is 6.73. The molecule has 0 bridgehead atoms. The highest BCUT2D eigenvalue weighted by molar-refractivity contribution is 9.09. The van der Waals surface area contributed by atoms with E-state index in [1.807, 2.05) is 49.4 Å². The minimum atomic E-state index is 0.646. The first-order valence-corrected chi connectivity index (χ1v) is 11.0. The van der Waals surface area contributed by atoms with Crippen molar-refractivity contribution in [1.29, 1.82) is 0 Å². The molecule has 3 nitrogen and oxygen atoms in total. The first kappa shape index (κ1) is 19.9. The maximum Gasteiger partial charge on any atom is 0.360 e. The van der Waals surface area contributed by atoms with Gasteiger partial charge in [0, 0.05) is 22.3 Å².